The number of Topliss-reactive ketones (excluding diaryl/α,β-unsaturated/α-hetero) is 5. The van der Waals surface area contributed by atoms with E-state index in [1.165, 1.54) is 13.4 Å². The summed E-state index contributed by atoms with van der Waals surface area (Å²) in [6, 6.07) is 109. The Morgan fingerprint density at radius 2 is 0.507 bits per heavy atom. The topological polar surface area (TPSA) is 472 Å². The van der Waals surface area contributed by atoms with Crippen molar-refractivity contribution in [3.05, 3.63) is 535 Å². The number of halogens is 3. The van der Waals surface area contributed by atoms with Crippen LogP contribution in [0, 0.1) is 70.8 Å². The summed E-state index contributed by atoms with van der Waals surface area (Å²) in [4.78, 5) is 158. The lowest BCUT2D eigenvalue weighted by molar-refractivity contribution is -0.483. The molecule has 33 nitrogen and oxygen atoms in total. The van der Waals surface area contributed by atoms with Crippen molar-refractivity contribution in [1.82, 2.24) is 0 Å². The zero-order valence-corrected chi connectivity index (χ0v) is 83.3. The minimum Gasteiger partial charge on any atom is -0.497 e. The van der Waals surface area contributed by atoms with Crippen LogP contribution < -0.4 is 18.9 Å². The maximum absolute atomic E-state index is 12.3. The number of nitro groups is 7. The van der Waals surface area contributed by atoms with E-state index >= 15 is 0 Å². The van der Waals surface area contributed by atoms with Gasteiger partial charge in [-0.05, 0) is 119 Å². The highest BCUT2D eigenvalue weighted by atomic mass is 79.9. The van der Waals surface area contributed by atoms with Gasteiger partial charge in [0.15, 0.2) is 28.9 Å². The van der Waals surface area contributed by atoms with Crippen LogP contribution >= 0.6 is 39.1 Å². The molecule has 1 heterocycles. The van der Waals surface area contributed by atoms with Gasteiger partial charge in [0.1, 0.15) is 28.8 Å². The number of methoxy groups -OCH3 is 2. The van der Waals surface area contributed by atoms with Crippen LogP contribution in [0.4, 0.5) is 0 Å². The average molecular weight is 2110 g/mol. The summed E-state index contributed by atoms with van der Waals surface area (Å²) in [6.07, 6.45) is 1.84. The van der Waals surface area contributed by atoms with Crippen LogP contribution in [0.15, 0.2) is 391 Å². The SMILES string of the molecule is COc1ccc([C@H](CC(=O)c2ccccc2)C[N+](=O)[O-])cc1.COc1ccccc1[C@H](CC(=O)c1ccccc1)C[N+](=O)[O-].O=C(C[C@@H](C[N+](=O)[O-])c1ccco1)c1ccccc1.O=C(C[C@H](C[N+](=O)[O-])c1ccc(Br)cc1)c1ccccc1.O=C(C[C@H](C[N+](=O)[O-])c1ccc(Cl)cc1)Oc1ccccc1.O=C(C[C@H](C[N+](=O)[O-])c1ccc(Cl)cc1)c1ccccc1.O=C(C[C@H](C[N+](=O)[O-])c1ccccc1)Oc1ccccc1. The summed E-state index contributed by atoms with van der Waals surface area (Å²) in [7, 11) is 3.07. The van der Waals surface area contributed by atoms with Gasteiger partial charge in [0, 0.05) is 114 Å². The van der Waals surface area contributed by atoms with Gasteiger partial charge >= 0.3 is 11.9 Å². The molecule has 148 heavy (non-hydrogen) atoms. The maximum Gasteiger partial charge on any atom is 0.312 e. The van der Waals surface area contributed by atoms with E-state index < -0.39 is 78.0 Å². The van der Waals surface area contributed by atoms with Crippen LogP contribution in [0.3, 0.4) is 0 Å². The number of carbonyl (C=O) groups excluding carboxylic acids is 7. The van der Waals surface area contributed by atoms with Gasteiger partial charge in [-0.3, -0.25) is 104 Å². The zero-order chi connectivity index (χ0) is 107. The van der Waals surface area contributed by atoms with Crippen molar-refractivity contribution in [2.45, 2.75) is 86.4 Å². The number of carbonyl (C=O) groups is 7. The normalized spacial score (nSPS) is 11.8. The quantitative estimate of drug-likeness (QED) is 0.0112. The number of furan rings is 1. The zero-order valence-electron chi connectivity index (χ0n) is 80.2. The van der Waals surface area contributed by atoms with Crippen molar-refractivity contribution in [3.63, 3.8) is 0 Å². The van der Waals surface area contributed by atoms with Gasteiger partial charge in [-0.15, -0.1) is 0 Å². The molecule has 0 saturated carbocycles. The van der Waals surface area contributed by atoms with Crippen LogP contribution in [0.1, 0.15) is 177 Å². The fraction of sp³-hybridized carbons (Fsp3) is 0.205. The molecule has 0 N–H and O–H groups in total. The first kappa shape index (κ1) is 116. The van der Waals surface area contributed by atoms with E-state index in [1.807, 2.05) is 66.7 Å². The van der Waals surface area contributed by atoms with E-state index in [0.717, 1.165) is 26.7 Å². The summed E-state index contributed by atoms with van der Waals surface area (Å²) >= 11 is 15.0. The Kier molecular flexibility index (Phi) is 49.5. The fourth-order valence-electron chi connectivity index (χ4n) is 15.1. The van der Waals surface area contributed by atoms with Crippen LogP contribution in [0.25, 0.3) is 0 Å². The molecule has 14 rings (SSSR count). The Balaban J connectivity index is 0.000000211. The van der Waals surface area contributed by atoms with Crippen LogP contribution in [0.2, 0.25) is 10.0 Å². The molecule has 0 saturated heterocycles. The van der Waals surface area contributed by atoms with Crippen molar-refractivity contribution < 1.29 is 91.4 Å². The molecule has 1 aromatic heterocycles. The molecule has 0 bridgehead atoms. The van der Waals surface area contributed by atoms with Gasteiger partial charge in [0.25, 0.3) is 0 Å². The maximum atomic E-state index is 12.3. The Labute approximate surface area is 870 Å². The van der Waals surface area contributed by atoms with Crippen LogP contribution in [0.5, 0.6) is 23.0 Å². The molecule has 36 heteroatoms. The van der Waals surface area contributed by atoms with E-state index in [1.54, 1.807) is 316 Å². The lowest BCUT2D eigenvalue weighted by atomic mass is 9.91. The van der Waals surface area contributed by atoms with E-state index in [-0.39, 0.29) is 130 Å². The molecular weight excluding hydrogens is 2010 g/mol. The first-order valence-corrected chi connectivity index (χ1v) is 47.6. The standard InChI is InChI=1S/2C17H17NO4.C16H14BrNO3.C16H14ClNO4.C16H14ClNO3.C16H15NO4.C14H13NO4/c1-22-17-10-6-5-9-15(17)14(12-18(20)21)11-16(19)13-7-3-2-4-8-13;1-22-16-9-7-13(8-10-16)15(12-18(20)21)11-17(19)14-5-3-2-4-6-14;17-15-8-6-12(7-9-15)14(11-18(20)21)10-16(19)13-4-2-1-3-5-13;17-14-8-6-12(7-9-14)13(11-18(20)21)10-16(19)22-15-4-2-1-3-5-15;17-15-8-6-12(7-9-15)14(11-18(20)21)10-16(19)13-4-2-1-3-5-13;18-16(21-15-9-5-2-6-10-15)11-14(12-17(19)20)13-7-3-1-4-8-13;16-13(11-5-2-1-3-6-11)9-12(10-15(17)18)14-7-4-8-19-14/h2-10,14H,11-12H2,1H3;2-10,15H,11-12H2,1H3;1-9,14H,10-11H2;1-9,13H,10-11H2;1-9,14H,10-11H2;1-10,14H,11-12H2;1-8,12H,9-10H2/t14-;15-;14-;13-;2*14-;12-/m1111110/s1. The number of hydrogen-bond acceptors (Lipinski definition) is 26. The number of ketones is 5. The van der Waals surface area contributed by atoms with Gasteiger partial charge in [0.2, 0.25) is 45.8 Å². The Hall–Kier alpha value is -17.1. The van der Waals surface area contributed by atoms with Gasteiger partial charge in [-0.1, -0.05) is 324 Å². The monoisotopic (exact) mass is 2110 g/mol. The van der Waals surface area contributed by atoms with Crippen molar-refractivity contribution in [2.24, 2.45) is 0 Å². The highest BCUT2D eigenvalue weighted by Gasteiger charge is 2.31. The third kappa shape index (κ3) is 43.2. The van der Waals surface area contributed by atoms with Gasteiger partial charge in [-0.2, -0.15) is 0 Å². The number of para-hydroxylation sites is 3. The number of nitrogens with zero attached hydrogens (tertiary/aromatic N) is 7. The fourth-order valence-corrected chi connectivity index (χ4v) is 15.6. The third-order valence-electron chi connectivity index (χ3n) is 22.4. The van der Waals surface area contributed by atoms with Crippen LogP contribution in [-0.4, -0.2) is 135 Å². The van der Waals surface area contributed by atoms with Crippen molar-refractivity contribution in [2.75, 3.05) is 60.0 Å². The molecule has 764 valence electrons. The lowest BCUT2D eigenvalue weighted by Gasteiger charge is -2.16. The molecule has 0 unspecified atom stereocenters. The third-order valence-corrected chi connectivity index (χ3v) is 23.4. The second-order valence-corrected chi connectivity index (χ2v) is 34.8. The number of benzene rings is 13. The highest BCUT2D eigenvalue weighted by Crippen LogP contribution is 2.34. The molecule has 0 aliphatic carbocycles. The first-order chi connectivity index (χ1) is 71.2. The molecular formula is C112H104BrCl2N7O26. The molecule has 0 radical (unpaired) electrons. The minimum atomic E-state index is -0.552. The van der Waals surface area contributed by atoms with Gasteiger partial charge < -0.3 is 23.4 Å². The van der Waals surface area contributed by atoms with E-state index in [0.29, 0.717) is 77.7 Å². The number of esters is 2. The molecule has 0 aliphatic heterocycles. The lowest BCUT2D eigenvalue weighted by Crippen LogP contribution is -2.19. The number of rotatable bonds is 44. The second-order valence-electron chi connectivity index (χ2n) is 33.0. The molecule has 7 atom stereocenters. The molecule has 14 aromatic rings. The van der Waals surface area contributed by atoms with E-state index in [9.17, 15) is 104 Å². The Morgan fingerprint density at radius 3 is 0.797 bits per heavy atom. The van der Waals surface area contributed by atoms with Gasteiger partial charge in [0.05, 0.1) is 74.7 Å². The average Bonchev–Trinajstić information content (AvgIpc) is 0.970. The second kappa shape index (κ2) is 63.1. The summed E-state index contributed by atoms with van der Waals surface area (Å²) in [5, 5.41) is 76.9. The van der Waals surface area contributed by atoms with Gasteiger partial charge in [-0.25, -0.2) is 0 Å². The molecule has 0 spiro atoms. The largest absolute Gasteiger partial charge is 0.497 e. The Bertz CT molecular complexity index is 6460. The molecule has 0 fully saturated rings. The van der Waals surface area contributed by atoms with Crippen LogP contribution in [-0.2, 0) is 9.59 Å². The van der Waals surface area contributed by atoms with E-state index in [4.69, 9.17) is 46.6 Å². The highest BCUT2D eigenvalue weighted by molar-refractivity contribution is 9.10. The van der Waals surface area contributed by atoms with Crippen molar-refractivity contribution >= 4 is 80.0 Å². The Morgan fingerprint density at radius 1 is 0.264 bits per heavy atom. The molecule has 0 aliphatic rings. The van der Waals surface area contributed by atoms with Crippen molar-refractivity contribution in [3.8, 4) is 23.0 Å². The predicted octanol–water partition coefficient (Wildman–Crippen LogP) is 24.4. The van der Waals surface area contributed by atoms with E-state index in [2.05, 4.69) is 15.9 Å². The number of hydrogen-bond donors (Lipinski definition) is 0. The smallest absolute Gasteiger partial charge is 0.312 e. The predicted molar refractivity (Wildman–Crippen MR) is 561 cm³/mol. The molecule has 13 aromatic carbocycles. The van der Waals surface area contributed by atoms with Crippen molar-refractivity contribution in [1.29, 1.82) is 0 Å². The molecule has 0 amide bonds. The summed E-state index contributed by atoms with van der Waals surface area (Å²) in [5.74, 6) is -2.32. The summed E-state index contributed by atoms with van der Waals surface area (Å²) < 4.78 is 26.8. The minimum absolute atomic E-state index is 0.0279. The summed E-state index contributed by atoms with van der Waals surface area (Å²) in [6.45, 7) is -2.06. The number of ether oxygens (including phenoxy) is 4. The first-order valence-electron chi connectivity index (χ1n) is 46.1. The summed E-state index contributed by atoms with van der Waals surface area (Å²) in [5.41, 5.74) is 7.30.